The number of aromatic nitrogens is 3. The van der Waals surface area contributed by atoms with E-state index in [4.69, 9.17) is 24.5 Å². The third-order valence-electron chi connectivity index (χ3n) is 6.27. The number of fused-ring (bicyclic) bond motifs is 1. The van der Waals surface area contributed by atoms with Gasteiger partial charge in [0.05, 0.1) is 11.7 Å². The minimum Gasteiger partial charge on any atom is -0.543 e. The standard InChI is InChI=1S/C27H25N7O10S3.Na/c1-4-41-33-18(15-10-46-26(28)29-15)21(37)30-19-23(38)34-20(25(39)40)14(8-45-24(19)34)9-47-27-32-31-22(44-27)13-5-6-16(42-11(2)35)17(7-13)43-12(3)36;/h5-7,10,19,24H,4,8-9H2,1-3H3,(H2,28,29)(H,30,37)(H,39,40);/q;+1/p-1/t19-,24-;/m1./s1. The number of anilines is 1. The number of β-lactam (4-membered cyclic amide) rings is 1. The van der Waals surface area contributed by atoms with Gasteiger partial charge < -0.3 is 39.7 Å². The number of carbonyl (C=O) groups is 5. The Morgan fingerprint density at radius 2 is 1.92 bits per heavy atom. The molecule has 21 heteroatoms. The summed E-state index contributed by atoms with van der Waals surface area (Å²) in [5.41, 5.74) is 6.09. The summed E-state index contributed by atoms with van der Waals surface area (Å²) in [6.45, 7) is 4.24. The van der Waals surface area contributed by atoms with Gasteiger partial charge in [0.1, 0.15) is 23.7 Å². The second-order valence-electron chi connectivity index (χ2n) is 9.54. The van der Waals surface area contributed by atoms with E-state index in [-0.39, 0.29) is 92.5 Å². The number of amides is 2. The van der Waals surface area contributed by atoms with Gasteiger partial charge in [0.15, 0.2) is 22.3 Å². The molecule has 0 aliphatic carbocycles. The van der Waals surface area contributed by atoms with Crippen LogP contribution < -0.4 is 55.2 Å². The monoisotopic (exact) mass is 725 g/mol. The molecule has 2 aliphatic rings. The summed E-state index contributed by atoms with van der Waals surface area (Å²) in [6.07, 6.45) is 0. The number of esters is 2. The quantitative estimate of drug-likeness (QED) is 0.0375. The Morgan fingerprint density at radius 3 is 2.56 bits per heavy atom. The SMILES string of the molecule is CCON=C(C(=O)N[C@@H]1C(=O)N2C(C(=O)[O-])=C(CSc3nnc(-c4ccc(OC(C)=O)c(OC(C)=O)c4)o3)CS[C@H]12)c1csc(N)n1.[Na+]. The summed E-state index contributed by atoms with van der Waals surface area (Å²) in [7, 11) is 0. The van der Waals surface area contributed by atoms with Crippen LogP contribution >= 0.6 is 34.9 Å². The number of carbonyl (C=O) groups excluding carboxylic acids is 5. The molecule has 3 aromatic rings. The molecule has 246 valence electrons. The number of nitrogen functional groups attached to an aromatic ring is 1. The fourth-order valence-electron chi connectivity index (χ4n) is 4.37. The van der Waals surface area contributed by atoms with Crippen molar-refractivity contribution in [2.24, 2.45) is 5.16 Å². The van der Waals surface area contributed by atoms with Gasteiger partial charge in [-0.1, -0.05) is 16.9 Å². The van der Waals surface area contributed by atoms with Crippen molar-refractivity contribution >= 4 is 75.4 Å². The molecule has 4 heterocycles. The maximum atomic E-state index is 13.1. The molecule has 2 atom stereocenters. The minimum atomic E-state index is -1.56. The predicted octanol–water partition coefficient (Wildman–Crippen LogP) is -2.43. The molecule has 48 heavy (non-hydrogen) atoms. The summed E-state index contributed by atoms with van der Waals surface area (Å²) in [4.78, 5) is 71.5. The largest absolute Gasteiger partial charge is 1.00 e. The van der Waals surface area contributed by atoms with E-state index in [1.54, 1.807) is 6.92 Å². The molecule has 1 fully saturated rings. The summed E-state index contributed by atoms with van der Waals surface area (Å²) in [6, 6.07) is 3.27. The van der Waals surface area contributed by atoms with Crippen LogP contribution in [0.5, 0.6) is 11.5 Å². The van der Waals surface area contributed by atoms with Crippen LogP contribution in [0.3, 0.4) is 0 Å². The van der Waals surface area contributed by atoms with Crippen molar-refractivity contribution < 1.29 is 77.4 Å². The molecule has 17 nitrogen and oxygen atoms in total. The second kappa shape index (κ2) is 16.0. The van der Waals surface area contributed by atoms with Gasteiger partial charge in [0.25, 0.3) is 17.0 Å². The molecular weight excluding hydrogens is 702 g/mol. The van der Waals surface area contributed by atoms with Gasteiger partial charge in [-0.2, -0.15) is 0 Å². The molecule has 2 amide bonds. The molecule has 1 aromatic carbocycles. The number of nitrogens with zero attached hydrogens (tertiary/aromatic N) is 5. The first-order valence-electron chi connectivity index (χ1n) is 13.5. The van der Waals surface area contributed by atoms with E-state index < -0.39 is 41.1 Å². The Hall–Kier alpha value is -3.95. The number of benzene rings is 1. The van der Waals surface area contributed by atoms with Crippen LogP contribution in [0.1, 0.15) is 26.5 Å². The predicted molar refractivity (Wildman–Crippen MR) is 165 cm³/mol. The maximum absolute atomic E-state index is 13.1. The number of thioether (sulfide) groups is 2. The molecule has 0 unspecified atom stereocenters. The molecule has 0 saturated carbocycles. The Labute approximate surface area is 306 Å². The van der Waals surface area contributed by atoms with Crippen molar-refractivity contribution in [2.75, 3.05) is 23.8 Å². The van der Waals surface area contributed by atoms with E-state index >= 15 is 0 Å². The third-order valence-corrected chi connectivity index (χ3v) is 9.18. The van der Waals surface area contributed by atoms with Crippen molar-refractivity contribution in [3.8, 4) is 23.0 Å². The Bertz CT molecular complexity index is 1830. The van der Waals surface area contributed by atoms with E-state index in [1.165, 1.54) is 49.2 Å². The zero-order valence-electron chi connectivity index (χ0n) is 25.7. The molecule has 2 aliphatic heterocycles. The van der Waals surface area contributed by atoms with Crippen molar-refractivity contribution in [3.05, 3.63) is 40.5 Å². The van der Waals surface area contributed by atoms with E-state index in [0.717, 1.165) is 28.0 Å². The number of ether oxygens (including phenoxy) is 2. The average Bonchev–Trinajstić information content (AvgIpc) is 3.68. The smallest absolute Gasteiger partial charge is 0.543 e. The zero-order valence-corrected chi connectivity index (χ0v) is 30.2. The third kappa shape index (κ3) is 8.18. The first-order chi connectivity index (χ1) is 22.5. The van der Waals surface area contributed by atoms with E-state index in [1.807, 2.05) is 0 Å². The van der Waals surface area contributed by atoms with Crippen LogP contribution in [-0.2, 0) is 28.8 Å². The Balaban J connectivity index is 0.00000520. The fourth-order valence-corrected chi connectivity index (χ4v) is 7.17. The first-order valence-corrected chi connectivity index (χ1v) is 16.5. The van der Waals surface area contributed by atoms with Gasteiger partial charge >= 0.3 is 41.5 Å². The van der Waals surface area contributed by atoms with E-state index in [2.05, 4.69) is 25.7 Å². The van der Waals surface area contributed by atoms with Crippen LogP contribution in [0.15, 0.2) is 49.6 Å². The normalized spacial score (nSPS) is 17.1. The van der Waals surface area contributed by atoms with E-state index in [0.29, 0.717) is 11.1 Å². The van der Waals surface area contributed by atoms with Crippen LogP contribution in [-0.4, -0.2) is 85.0 Å². The Kier molecular flexibility index (Phi) is 12.3. The van der Waals surface area contributed by atoms with Gasteiger partial charge in [-0.15, -0.1) is 33.3 Å². The number of nitrogens with two attached hydrogens (primary N) is 1. The van der Waals surface area contributed by atoms with Gasteiger partial charge in [-0.05, 0) is 30.7 Å². The van der Waals surface area contributed by atoms with Crippen LogP contribution in [0, 0.1) is 0 Å². The summed E-state index contributed by atoms with van der Waals surface area (Å²) >= 11 is 3.38. The number of thiazole rings is 1. The van der Waals surface area contributed by atoms with E-state index in [9.17, 15) is 29.1 Å². The first kappa shape index (κ1) is 36.9. The number of carboxylic acid groups (broad SMARTS) is 1. The van der Waals surface area contributed by atoms with Gasteiger partial charge in [0.2, 0.25) is 5.89 Å². The Morgan fingerprint density at radius 1 is 1.19 bits per heavy atom. The molecule has 3 N–H and O–H groups in total. The van der Waals surface area contributed by atoms with Gasteiger partial charge in [0, 0.05) is 36.3 Å². The molecule has 0 radical (unpaired) electrons. The number of hydrogen-bond acceptors (Lipinski definition) is 18. The zero-order chi connectivity index (χ0) is 33.8. The van der Waals surface area contributed by atoms with Crippen molar-refractivity contribution in [2.45, 2.75) is 37.4 Å². The number of aliphatic carboxylic acids is 1. The number of rotatable bonds is 12. The summed E-state index contributed by atoms with van der Waals surface area (Å²) in [5, 5.41) is 27.7. The summed E-state index contributed by atoms with van der Waals surface area (Å²) in [5.74, 6) is -3.90. The average molecular weight is 726 g/mol. The number of hydrogen-bond donors (Lipinski definition) is 2. The minimum absolute atomic E-state index is 0. The molecule has 0 bridgehead atoms. The van der Waals surface area contributed by atoms with Gasteiger partial charge in [-0.25, -0.2) is 4.98 Å². The summed E-state index contributed by atoms with van der Waals surface area (Å²) < 4.78 is 15.9. The van der Waals surface area contributed by atoms with Crippen LogP contribution in [0.25, 0.3) is 11.5 Å². The van der Waals surface area contributed by atoms with Crippen LogP contribution in [0.4, 0.5) is 5.13 Å². The number of oxime groups is 1. The molecule has 5 rings (SSSR count). The van der Waals surface area contributed by atoms with Crippen LogP contribution in [0.2, 0.25) is 0 Å². The number of carboxylic acids is 1. The van der Waals surface area contributed by atoms with Gasteiger partial charge in [-0.3, -0.25) is 24.1 Å². The fraction of sp³-hybridized carbons (Fsp3) is 0.296. The number of nitrogens with one attached hydrogen (secondary N) is 1. The molecule has 0 spiro atoms. The second-order valence-corrected chi connectivity index (χ2v) is 12.5. The molecule has 2 aromatic heterocycles. The van der Waals surface area contributed by atoms with Crippen molar-refractivity contribution in [1.29, 1.82) is 0 Å². The molecular formula is C27H24N7NaO10S3. The van der Waals surface area contributed by atoms with Crippen molar-refractivity contribution in [1.82, 2.24) is 25.4 Å². The molecule has 1 saturated heterocycles. The van der Waals surface area contributed by atoms with Crippen molar-refractivity contribution in [3.63, 3.8) is 0 Å². The maximum Gasteiger partial charge on any atom is 1.00 e. The topological polar surface area (TPSA) is 242 Å².